The van der Waals surface area contributed by atoms with Crippen molar-refractivity contribution in [1.29, 1.82) is 0 Å². The normalized spacial score (nSPS) is 12.8. The van der Waals surface area contributed by atoms with Crippen LogP contribution in [0.25, 0.3) is 0 Å². The number of hydrogen-bond donors (Lipinski definition) is 0. The summed E-state index contributed by atoms with van der Waals surface area (Å²) in [6.45, 7) is 0.886. The van der Waals surface area contributed by atoms with Gasteiger partial charge in [0.15, 0.2) is 17.2 Å². The number of hydrogen-bond acceptors (Lipinski definition) is 4. The van der Waals surface area contributed by atoms with E-state index in [1.54, 1.807) is 24.3 Å². The van der Waals surface area contributed by atoms with Gasteiger partial charge in [-0.15, -0.1) is 0 Å². The minimum atomic E-state index is -0.484. The topological polar surface area (TPSA) is 44.8 Å². The molecule has 1 aliphatic rings. The maximum atomic E-state index is 12.1. The molecule has 120 valence electrons. The second kappa shape index (κ2) is 6.87. The number of rotatable bonds is 3. The van der Waals surface area contributed by atoms with Gasteiger partial charge in [0.25, 0.3) is 0 Å². The van der Waals surface area contributed by atoms with Crippen LogP contribution < -0.4 is 14.2 Å². The van der Waals surface area contributed by atoms with Gasteiger partial charge in [0.05, 0.1) is 16.5 Å². The molecule has 3 rings (SSSR count). The maximum Gasteiger partial charge on any atom is 0.315 e. The monoisotopic (exact) mass is 372 g/mol. The highest BCUT2D eigenvalue weighted by atomic mass is 35.5. The number of ether oxygens (including phenoxy) is 3. The molecule has 0 radical (unpaired) electrons. The molecule has 0 unspecified atom stereocenters. The number of fused-ring (bicyclic) bond motifs is 1. The number of carbonyl (C=O) groups is 1. The van der Waals surface area contributed by atoms with Gasteiger partial charge in [0, 0.05) is 11.1 Å². The molecule has 0 fully saturated rings. The third-order valence-electron chi connectivity index (χ3n) is 3.12. The Balaban J connectivity index is 1.75. The highest BCUT2D eigenvalue weighted by molar-refractivity contribution is 6.34. The molecule has 1 heterocycles. The van der Waals surface area contributed by atoms with Crippen molar-refractivity contribution >= 4 is 40.8 Å². The Morgan fingerprint density at radius 3 is 2.65 bits per heavy atom. The minimum absolute atomic E-state index is 0.0131. The summed E-state index contributed by atoms with van der Waals surface area (Å²) in [4.78, 5) is 12.1. The van der Waals surface area contributed by atoms with Crippen LogP contribution in [0.1, 0.15) is 5.56 Å². The summed E-state index contributed by atoms with van der Waals surface area (Å²) in [5.74, 6) is 0.745. The van der Waals surface area contributed by atoms with E-state index < -0.39 is 5.97 Å². The van der Waals surface area contributed by atoms with Gasteiger partial charge < -0.3 is 14.2 Å². The van der Waals surface area contributed by atoms with E-state index in [9.17, 15) is 4.79 Å². The van der Waals surface area contributed by atoms with Crippen molar-refractivity contribution in [1.82, 2.24) is 0 Å². The third-order valence-corrected chi connectivity index (χ3v) is 3.95. The highest BCUT2D eigenvalue weighted by Gasteiger charge is 2.18. The maximum absolute atomic E-state index is 12.1. The number of carbonyl (C=O) groups excluding carboxylic acids is 1. The zero-order chi connectivity index (χ0) is 16.4. The molecule has 0 aliphatic carbocycles. The van der Waals surface area contributed by atoms with E-state index in [4.69, 9.17) is 49.0 Å². The SMILES string of the molecule is O=C(Cc1cc(Cl)c2c(c1)OCCO2)Oc1cc(Cl)ccc1Cl. The van der Waals surface area contributed by atoms with Gasteiger partial charge in [-0.3, -0.25) is 4.79 Å². The Bertz CT molecular complexity index is 761. The first-order chi connectivity index (χ1) is 11.0. The van der Waals surface area contributed by atoms with Crippen LogP contribution >= 0.6 is 34.8 Å². The van der Waals surface area contributed by atoms with Crippen LogP contribution in [0.4, 0.5) is 0 Å². The fourth-order valence-corrected chi connectivity index (χ4v) is 2.75. The van der Waals surface area contributed by atoms with E-state index >= 15 is 0 Å². The van der Waals surface area contributed by atoms with Crippen molar-refractivity contribution in [2.75, 3.05) is 13.2 Å². The Morgan fingerprint density at radius 2 is 1.83 bits per heavy atom. The molecule has 4 nitrogen and oxygen atoms in total. The summed E-state index contributed by atoms with van der Waals surface area (Å²) in [5, 5.41) is 1.13. The van der Waals surface area contributed by atoms with Crippen molar-refractivity contribution in [3.8, 4) is 17.2 Å². The second-order valence-electron chi connectivity index (χ2n) is 4.83. The number of halogens is 3. The first-order valence-corrected chi connectivity index (χ1v) is 7.90. The minimum Gasteiger partial charge on any atom is -0.486 e. The average molecular weight is 374 g/mol. The molecule has 23 heavy (non-hydrogen) atoms. The second-order valence-corrected chi connectivity index (χ2v) is 6.08. The van der Waals surface area contributed by atoms with Crippen molar-refractivity contribution in [3.63, 3.8) is 0 Å². The average Bonchev–Trinajstić information content (AvgIpc) is 2.51. The molecule has 0 aromatic heterocycles. The highest BCUT2D eigenvalue weighted by Crippen LogP contribution is 2.38. The van der Waals surface area contributed by atoms with Crippen LogP contribution in [0.15, 0.2) is 30.3 Å². The number of benzene rings is 2. The molecule has 0 atom stereocenters. The Labute approximate surface area is 147 Å². The van der Waals surface area contributed by atoms with Gasteiger partial charge in [-0.05, 0) is 29.8 Å². The van der Waals surface area contributed by atoms with Crippen molar-refractivity contribution in [2.45, 2.75) is 6.42 Å². The molecule has 0 saturated heterocycles. The molecule has 7 heteroatoms. The van der Waals surface area contributed by atoms with Gasteiger partial charge in [-0.25, -0.2) is 0 Å². The fourth-order valence-electron chi connectivity index (χ4n) is 2.15. The molecular formula is C16H11Cl3O4. The van der Waals surface area contributed by atoms with Gasteiger partial charge in [0.2, 0.25) is 0 Å². The zero-order valence-corrected chi connectivity index (χ0v) is 14.0. The Morgan fingerprint density at radius 1 is 1.04 bits per heavy atom. The van der Waals surface area contributed by atoms with Crippen LogP contribution in [0, 0.1) is 0 Å². The fraction of sp³-hybridized carbons (Fsp3) is 0.188. The van der Waals surface area contributed by atoms with Crippen molar-refractivity contribution < 1.29 is 19.0 Å². The summed E-state index contributed by atoms with van der Waals surface area (Å²) in [6.07, 6.45) is 0.0131. The smallest absolute Gasteiger partial charge is 0.315 e. The summed E-state index contributed by atoms with van der Waals surface area (Å²) in [6, 6.07) is 8.02. The predicted molar refractivity (Wildman–Crippen MR) is 88.2 cm³/mol. The van der Waals surface area contributed by atoms with E-state index in [0.29, 0.717) is 45.3 Å². The summed E-state index contributed by atoms with van der Waals surface area (Å²) in [5.41, 5.74) is 0.655. The third kappa shape index (κ3) is 3.83. The van der Waals surface area contributed by atoms with Gasteiger partial charge in [0.1, 0.15) is 13.2 Å². The molecule has 0 saturated carbocycles. The molecule has 0 amide bonds. The van der Waals surface area contributed by atoms with Crippen LogP contribution in [-0.2, 0) is 11.2 Å². The summed E-state index contributed by atoms with van der Waals surface area (Å²) < 4.78 is 16.2. The van der Waals surface area contributed by atoms with E-state index in [2.05, 4.69) is 0 Å². The molecular weight excluding hydrogens is 363 g/mol. The molecule has 2 aromatic rings. The summed E-state index contributed by atoms with van der Waals surface area (Å²) in [7, 11) is 0. The molecule has 0 bridgehead atoms. The van der Waals surface area contributed by atoms with Gasteiger partial charge in [-0.1, -0.05) is 34.8 Å². The first-order valence-electron chi connectivity index (χ1n) is 6.76. The first kappa shape index (κ1) is 16.2. The van der Waals surface area contributed by atoms with Crippen molar-refractivity contribution in [3.05, 3.63) is 51.0 Å². The van der Waals surface area contributed by atoms with E-state index in [1.807, 2.05) is 0 Å². The molecule has 2 aromatic carbocycles. The lowest BCUT2D eigenvalue weighted by molar-refractivity contribution is -0.133. The van der Waals surface area contributed by atoms with Crippen LogP contribution in [0.5, 0.6) is 17.2 Å². The van der Waals surface area contributed by atoms with Crippen molar-refractivity contribution in [2.24, 2.45) is 0 Å². The van der Waals surface area contributed by atoms with E-state index in [-0.39, 0.29) is 12.2 Å². The Kier molecular flexibility index (Phi) is 4.85. The molecule has 0 N–H and O–H groups in total. The van der Waals surface area contributed by atoms with E-state index in [0.717, 1.165) is 0 Å². The van der Waals surface area contributed by atoms with Crippen LogP contribution in [0.3, 0.4) is 0 Å². The molecule has 0 spiro atoms. The zero-order valence-electron chi connectivity index (χ0n) is 11.8. The van der Waals surface area contributed by atoms with Gasteiger partial charge >= 0.3 is 5.97 Å². The molecule has 1 aliphatic heterocycles. The predicted octanol–water partition coefficient (Wildman–Crippen LogP) is 4.57. The summed E-state index contributed by atoms with van der Waals surface area (Å²) >= 11 is 18.0. The van der Waals surface area contributed by atoms with Crippen LogP contribution in [-0.4, -0.2) is 19.2 Å². The Hall–Kier alpha value is -1.62. The van der Waals surface area contributed by atoms with Gasteiger partial charge in [-0.2, -0.15) is 0 Å². The van der Waals surface area contributed by atoms with Crippen LogP contribution in [0.2, 0.25) is 15.1 Å². The lowest BCUT2D eigenvalue weighted by atomic mass is 10.1. The quantitative estimate of drug-likeness (QED) is 0.584. The number of esters is 1. The largest absolute Gasteiger partial charge is 0.486 e. The van der Waals surface area contributed by atoms with E-state index in [1.165, 1.54) is 6.07 Å². The lowest BCUT2D eigenvalue weighted by Crippen LogP contribution is -2.17. The lowest BCUT2D eigenvalue weighted by Gasteiger charge is -2.20. The standard InChI is InChI=1S/C16H11Cl3O4/c17-10-1-2-11(18)13(8-10)23-15(20)7-9-5-12(19)16-14(6-9)21-3-4-22-16/h1-2,5-6,8H,3-4,7H2.